The normalized spacial score (nSPS) is 13.7. The number of carbonyl (C=O) groups is 1. The highest BCUT2D eigenvalue weighted by Gasteiger charge is 2.20. The molecule has 0 saturated heterocycles. The zero-order chi connectivity index (χ0) is 11.9. The molecule has 1 atom stereocenters. The molecular formula is C12H25NO2. The fraction of sp³-hybridized carbons (Fsp3) is 0.917. The van der Waals surface area contributed by atoms with Gasteiger partial charge in [0.1, 0.15) is 0 Å². The van der Waals surface area contributed by atoms with Crippen molar-refractivity contribution >= 4 is 5.97 Å². The molecule has 0 aromatic carbocycles. The fourth-order valence-electron chi connectivity index (χ4n) is 1.89. The standard InChI is InChI=1S/C12H25NO2/c1-6-8-12(4,5)13-10(3)9-11(14)15-7-2/h10,13H,6-9H2,1-5H3. The van der Waals surface area contributed by atoms with Gasteiger partial charge in [-0.1, -0.05) is 13.3 Å². The summed E-state index contributed by atoms with van der Waals surface area (Å²) in [5, 5.41) is 3.45. The Hall–Kier alpha value is -0.570. The second-order valence-corrected chi connectivity index (χ2v) is 4.69. The Bertz CT molecular complexity index is 190. The lowest BCUT2D eigenvalue weighted by Gasteiger charge is -2.29. The minimum atomic E-state index is -0.121. The lowest BCUT2D eigenvalue weighted by Crippen LogP contribution is -2.45. The Morgan fingerprint density at radius 1 is 1.40 bits per heavy atom. The van der Waals surface area contributed by atoms with Crippen LogP contribution in [-0.2, 0) is 9.53 Å². The molecule has 1 N–H and O–H groups in total. The van der Waals surface area contributed by atoms with Crippen molar-refractivity contribution in [3.8, 4) is 0 Å². The van der Waals surface area contributed by atoms with Crippen LogP contribution in [0.25, 0.3) is 0 Å². The van der Waals surface area contributed by atoms with Crippen molar-refractivity contribution in [1.82, 2.24) is 5.32 Å². The first kappa shape index (κ1) is 14.4. The van der Waals surface area contributed by atoms with E-state index < -0.39 is 0 Å². The Morgan fingerprint density at radius 3 is 2.47 bits per heavy atom. The van der Waals surface area contributed by atoms with Gasteiger partial charge in [0.2, 0.25) is 0 Å². The molecular weight excluding hydrogens is 190 g/mol. The minimum Gasteiger partial charge on any atom is -0.466 e. The number of hydrogen-bond acceptors (Lipinski definition) is 3. The van der Waals surface area contributed by atoms with Crippen molar-refractivity contribution in [3.63, 3.8) is 0 Å². The first-order chi connectivity index (χ1) is 6.91. The number of esters is 1. The van der Waals surface area contributed by atoms with Gasteiger partial charge in [-0.05, 0) is 34.1 Å². The molecule has 0 aromatic heterocycles. The fourth-order valence-corrected chi connectivity index (χ4v) is 1.89. The third-order valence-corrected chi connectivity index (χ3v) is 2.29. The average molecular weight is 215 g/mol. The molecule has 0 aliphatic heterocycles. The quantitative estimate of drug-likeness (QED) is 0.663. The van der Waals surface area contributed by atoms with Crippen molar-refractivity contribution in [2.24, 2.45) is 0 Å². The SMILES string of the molecule is CCCC(C)(C)NC(C)CC(=O)OCC. The molecule has 0 spiro atoms. The summed E-state index contributed by atoms with van der Waals surface area (Å²) in [6, 6.07) is 0.172. The van der Waals surface area contributed by atoms with Crippen LogP contribution >= 0.6 is 0 Å². The number of hydrogen-bond donors (Lipinski definition) is 1. The molecule has 0 aliphatic rings. The summed E-state index contributed by atoms with van der Waals surface area (Å²) in [4.78, 5) is 11.2. The van der Waals surface area contributed by atoms with Crippen LogP contribution in [0.3, 0.4) is 0 Å². The molecule has 0 aromatic rings. The van der Waals surface area contributed by atoms with Crippen molar-refractivity contribution in [1.29, 1.82) is 0 Å². The van der Waals surface area contributed by atoms with Crippen LogP contribution in [-0.4, -0.2) is 24.2 Å². The molecule has 3 heteroatoms. The molecule has 0 fully saturated rings. The van der Waals surface area contributed by atoms with E-state index in [1.54, 1.807) is 0 Å². The Morgan fingerprint density at radius 2 is 2.00 bits per heavy atom. The summed E-state index contributed by atoms with van der Waals surface area (Å²) in [7, 11) is 0. The largest absolute Gasteiger partial charge is 0.466 e. The Kier molecular flexibility index (Phi) is 6.57. The van der Waals surface area contributed by atoms with Crippen molar-refractivity contribution in [3.05, 3.63) is 0 Å². The van der Waals surface area contributed by atoms with Gasteiger partial charge in [-0.3, -0.25) is 4.79 Å². The third kappa shape index (κ3) is 7.37. The van der Waals surface area contributed by atoms with Gasteiger partial charge in [0.05, 0.1) is 13.0 Å². The van der Waals surface area contributed by atoms with Crippen molar-refractivity contribution in [2.45, 2.75) is 65.5 Å². The van der Waals surface area contributed by atoms with Crippen LogP contribution < -0.4 is 5.32 Å². The van der Waals surface area contributed by atoms with Crippen LogP contribution in [0.15, 0.2) is 0 Å². The molecule has 0 radical (unpaired) electrons. The number of ether oxygens (including phenoxy) is 1. The zero-order valence-corrected chi connectivity index (χ0v) is 10.7. The molecule has 1 unspecified atom stereocenters. The lowest BCUT2D eigenvalue weighted by molar-refractivity contribution is -0.143. The number of nitrogens with one attached hydrogen (secondary N) is 1. The summed E-state index contributed by atoms with van der Waals surface area (Å²) in [5.74, 6) is -0.121. The molecule has 0 aliphatic carbocycles. The van der Waals surface area contributed by atoms with Gasteiger partial charge in [0.25, 0.3) is 0 Å². The topological polar surface area (TPSA) is 38.3 Å². The highest BCUT2D eigenvalue weighted by atomic mass is 16.5. The van der Waals surface area contributed by atoms with E-state index in [9.17, 15) is 4.79 Å². The molecule has 90 valence electrons. The van der Waals surface area contributed by atoms with Crippen LogP contribution in [0.4, 0.5) is 0 Å². The predicted molar refractivity (Wildman–Crippen MR) is 62.8 cm³/mol. The van der Waals surface area contributed by atoms with Crippen molar-refractivity contribution < 1.29 is 9.53 Å². The van der Waals surface area contributed by atoms with E-state index in [1.807, 2.05) is 13.8 Å². The van der Waals surface area contributed by atoms with Gasteiger partial charge < -0.3 is 10.1 Å². The van der Waals surface area contributed by atoms with Gasteiger partial charge in [-0.25, -0.2) is 0 Å². The van der Waals surface area contributed by atoms with Crippen LogP contribution in [0, 0.1) is 0 Å². The molecule has 0 bridgehead atoms. The average Bonchev–Trinajstić information content (AvgIpc) is 2.01. The predicted octanol–water partition coefficient (Wildman–Crippen LogP) is 2.50. The second kappa shape index (κ2) is 6.83. The summed E-state index contributed by atoms with van der Waals surface area (Å²) < 4.78 is 4.91. The van der Waals surface area contributed by atoms with E-state index in [1.165, 1.54) is 0 Å². The molecule has 3 nitrogen and oxygen atoms in total. The zero-order valence-electron chi connectivity index (χ0n) is 10.7. The van der Waals surface area contributed by atoms with Gasteiger partial charge in [0, 0.05) is 11.6 Å². The highest BCUT2D eigenvalue weighted by molar-refractivity contribution is 5.70. The van der Waals surface area contributed by atoms with E-state index in [4.69, 9.17) is 4.74 Å². The lowest BCUT2D eigenvalue weighted by atomic mass is 9.97. The van der Waals surface area contributed by atoms with Crippen LogP contribution in [0.1, 0.15) is 53.9 Å². The van der Waals surface area contributed by atoms with Crippen LogP contribution in [0.2, 0.25) is 0 Å². The summed E-state index contributed by atoms with van der Waals surface area (Å²) in [5.41, 5.74) is 0.0979. The summed E-state index contributed by atoms with van der Waals surface area (Å²) in [6.07, 6.45) is 2.70. The number of carbonyl (C=O) groups excluding carboxylic acids is 1. The van der Waals surface area contributed by atoms with E-state index in [2.05, 4.69) is 26.1 Å². The minimum absolute atomic E-state index is 0.0979. The first-order valence-electron chi connectivity index (χ1n) is 5.84. The molecule has 0 saturated carbocycles. The maximum absolute atomic E-state index is 11.2. The summed E-state index contributed by atoms with van der Waals surface area (Å²) >= 11 is 0. The van der Waals surface area contributed by atoms with Gasteiger partial charge in [-0.2, -0.15) is 0 Å². The third-order valence-electron chi connectivity index (χ3n) is 2.29. The second-order valence-electron chi connectivity index (χ2n) is 4.69. The monoisotopic (exact) mass is 215 g/mol. The molecule has 15 heavy (non-hydrogen) atoms. The van der Waals surface area contributed by atoms with E-state index in [-0.39, 0.29) is 17.6 Å². The van der Waals surface area contributed by atoms with Gasteiger partial charge in [-0.15, -0.1) is 0 Å². The maximum Gasteiger partial charge on any atom is 0.307 e. The van der Waals surface area contributed by atoms with Crippen molar-refractivity contribution in [2.75, 3.05) is 6.61 Å². The highest BCUT2D eigenvalue weighted by Crippen LogP contribution is 2.12. The maximum atomic E-state index is 11.2. The first-order valence-corrected chi connectivity index (χ1v) is 5.84. The Labute approximate surface area is 93.6 Å². The molecule has 0 amide bonds. The van der Waals surface area contributed by atoms with E-state index in [0.717, 1.165) is 12.8 Å². The number of rotatable bonds is 7. The Balaban J connectivity index is 3.91. The van der Waals surface area contributed by atoms with E-state index in [0.29, 0.717) is 13.0 Å². The summed E-state index contributed by atoms with van der Waals surface area (Å²) in [6.45, 7) is 10.8. The van der Waals surface area contributed by atoms with Gasteiger partial charge >= 0.3 is 5.97 Å². The van der Waals surface area contributed by atoms with E-state index >= 15 is 0 Å². The van der Waals surface area contributed by atoms with Crippen LogP contribution in [0.5, 0.6) is 0 Å². The smallest absolute Gasteiger partial charge is 0.307 e. The van der Waals surface area contributed by atoms with Gasteiger partial charge in [0.15, 0.2) is 0 Å². The molecule has 0 rings (SSSR count). The molecule has 0 heterocycles.